The Hall–Kier alpha value is -0.750. The Bertz CT molecular complexity index is 928. The Morgan fingerprint density at radius 1 is 0.611 bits per heavy atom. The summed E-state index contributed by atoms with van der Waals surface area (Å²) in [4.78, 5) is 28.0. The number of unbranched alkanes of at least 4 members (excludes halogenated alkanes) is 14. The highest BCUT2D eigenvalue weighted by Crippen LogP contribution is 2.40. The van der Waals surface area contributed by atoms with Gasteiger partial charge in [-0.15, -0.1) is 0 Å². The maximum atomic E-state index is 12.9. The highest BCUT2D eigenvalue weighted by atomic mass is 32.2. The fourth-order valence-electron chi connectivity index (χ4n) is 9.07. The first-order valence-corrected chi connectivity index (χ1v) is 24.5. The molecule has 2 atom stereocenters. The molecule has 2 unspecified atom stereocenters. The van der Waals surface area contributed by atoms with Gasteiger partial charge in [0.2, 0.25) is 0 Å². The SMILES string of the molecule is CCCCCCCCC(C)CC(C)(C)CCCCC(=O)OCC(CN1CCSCC1)OC(=O)CCCCCCCCC(C)(C)CC(C)(C)CCCCCC. The highest BCUT2D eigenvalue weighted by Gasteiger charge is 2.28. The molecule has 320 valence electrons. The van der Waals surface area contributed by atoms with Crippen molar-refractivity contribution in [2.75, 3.05) is 37.7 Å². The van der Waals surface area contributed by atoms with E-state index in [-0.39, 0.29) is 24.6 Å². The molecule has 54 heavy (non-hydrogen) atoms. The summed E-state index contributed by atoms with van der Waals surface area (Å²) in [5.41, 5.74) is 1.14. The number of nitrogens with zero attached hydrogens (tertiary/aromatic N) is 1. The topological polar surface area (TPSA) is 55.8 Å². The van der Waals surface area contributed by atoms with Crippen LogP contribution in [0.4, 0.5) is 0 Å². The monoisotopic (exact) mass is 780 g/mol. The van der Waals surface area contributed by atoms with Crippen molar-refractivity contribution in [3.63, 3.8) is 0 Å². The summed E-state index contributed by atoms with van der Waals surface area (Å²) < 4.78 is 11.7. The summed E-state index contributed by atoms with van der Waals surface area (Å²) in [5.74, 6) is 2.66. The second-order valence-corrected chi connectivity index (χ2v) is 21.1. The maximum absolute atomic E-state index is 12.9. The van der Waals surface area contributed by atoms with Gasteiger partial charge in [0.05, 0.1) is 0 Å². The maximum Gasteiger partial charge on any atom is 0.306 e. The zero-order chi connectivity index (χ0) is 40.1. The van der Waals surface area contributed by atoms with Crippen molar-refractivity contribution < 1.29 is 19.1 Å². The number of rotatable bonds is 35. The van der Waals surface area contributed by atoms with Crippen LogP contribution in [0.1, 0.15) is 229 Å². The summed E-state index contributed by atoms with van der Waals surface area (Å²) in [5, 5.41) is 0. The van der Waals surface area contributed by atoms with Crippen LogP contribution in [0.5, 0.6) is 0 Å². The number of hydrogen-bond donors (Lipinski definition) is 0. The number of ether oxygens (including phenoxy) is 2. The molecule has 0 bridgehead atoms. The summed E-state index contributed by atoms with van der Waals surface area (Å²) in [6.45, 7) is 24.4. The van der Waals surface area contributed by atoms with Crippen LogP contribution in [0, 0.1) is 22.2 Å². The molecule has 0 aromatic heterocycles. The van der Waals surface area contributed by atoms with E-state index in [0.717, 1.165) is 62.6 Å². The first-order chi connectivity index (χ1) is 25.7. The standard InChI is InChI=1S/C48H93NO4S/c1-10-12-14-16-19-22-28-42(3)38-46(4,5)31-27-24-29-44(50)52-40-43(39-49-34-36-54-37-35-49)53-45(51)30-23-20-17-18-21-26-33-48(8,9)41-47(6,7)32-25-15-13-11-2/h42-43H,10-41H2,1-9H3. The summed E-state index contributed by atoms with van der Waals surface area (Å²) in [6.07, 6.45) is 30.7. The smallest absolute Gasteiger partial charge is 0.306 e. The summed E-state index contributed by atoms with van der Waals surface area (Å²) in [7, 11) is 0. The molecule has 0 N–H and O–H groups in total. The fraction of sp³-hybridized carbons (Fsp3) is 0.958. The second-order valence-electron chi connectivity index (χ2n) is 19.9. The average Bonchev–Trinajstić information content (AvgIpc) is 3.10. The van der Waals surface area contributed by atoms with E-state index in [9.17, 15) is 9.59 Å². The minimum absolute atomic E-state index is 0.144. The van der Waals surface area contributed by atoms with Crippen LogP contribution < -0.4 is 0 Å². The Kier molecular flexibility index (Phi) is 28.8. The van der Waals surface area contributed by atoms with Crippen LogP contribution in [-0.4, -0.2) is 60.7 Å². The lowest BCUT2D eigenvalue weighted by molar-refractivity contribution is -0.160. The van der Waals surface area contributed by atoms with Gasteiger partial charge in [-0.2, -0.15) is 11.8 Å². The second kappa shape index (κ2) is 30.3. The van der Waals surface area contributed by atoms with Crippen molar-refractivity contribution in [2.45, 2.75) is 235 Å². The van der Waals surface area contributed by atoms with Gasteiger partial charge in [0.1, 0.15) is 12.7 Å². The lowest BCUT2D eigenvalue weighted by Crippen LogP contribution is -2.42. The Morgan fingerprint density at radius 3 is 1.69 bits per heavy atom. The van der Waals surface area contributed by atoms with Crippen molar-refractivity contribution in [3.05, 3.63) is 0 Å². The quantitative estimate of drug-likeness (QED) is 0.0472. The first kappa shape index (κ1) is 51.3. The molecular weight excluding hydrogens is 687 g/mol. The van der Waals surface area contributed by atoms with Gasteiger partial charge in [-0.1, -0.05) is 171 Å². The van der Waals surface area contributed by atoms with Crippen molar-refractivity contribution in [1.29, 1.82) is 0 Å². The number of esters is 2. The largest absolute Gasteiger partial charge is 0.462 e. The van der Waals surface area contributed by atoms with E-state index in [1.54, 1.807) is 0 Å². The molecule has 5 nitrogen and oxygen atoms in total. The predicted octanol–water partition coefficient (Wildman–Crippen LogP) is 14.4. The van der Waals surface area contributed by atoms with Gasteiger partial charge in [0.25, 0.3) is 0 Å². The molecule has 1 rings (SSSR count). The van der Waals surface area contributed by atoms with E-state index in [4.69, 9.17) is 9.47 Å². The zero-order valence-corrected chi connectivity index (χ0v) is 38.6. The van der Waals surface area contributed by atoms with Crippen LogP contribution in [0.3, 0.4) is 0 Å². The minimum Gasteiger partial charge on any atom is -0.462 e. The third kappa shape index (κ3) is 29.5. The van der Waals surface area contributed by atoms with Gasteiger partial charge >= 0.3 is 11.9 Å². The van der Waals surface area contributed by atoms with E-state index in [2.05, 4.69) is 67.2 Å². The molecule has 1 aliphatic rings. The molecule has 0 spiro atoms. The van der Waals surface area contributed by atoms with E-state index in [1.807, 2.05) is 11.8 Å². The van der Waals surface area contributed by atoms with Crippen LogP contribution >= 0.6 is 11.8 Å². The molecule has 0 amide bonds. The predicted molar refractivity (Wildman–Crippen MR) is 237 cm³/mol. The molecule has 1 fully saturated rings. The minimum atomic E-state index is -0.388. The average molecular weight is 780 g/mol. The fourth-order valence-corrected chi connectivity index (χ4v) is 10.1. The third-order valence-corrected chi connectivity index (χ3v) is 12.8. The molecule has 1 aliphatic heterocycles. The molecule has 0 aromatic rings. The first-order valence-electron chi connectivity index (χ1n) is 23.3. The molecule has 1 heterocycles. The molecular formula is C48H93NO4S. The van der Waals surface area contributed by atoms with Crippen molar-refractivity contribution in [3.8, 4) is 0 Å². The molecule has 0 aromatic carbocycles. The van der Waals surface area contributed by atoms with Crippen molar-refractivity contribution in [2.24, 2.45) is 22.2 Å². The number of thioether (sulfide) groups is 1. The summed E-state index contributed by atoms with van der Waals surface area (Å²) in [6, 6.07) is 0. The van der Waals surface area contributed by atoms with E-state index >= 15 is 0 Å². The molecule has 0 radical (unpaired) electrons. The lowest BCUT2D eigenvalue weighted by Gasteiger charge is -2.35. The molecule has 1 saturated heterocycles. The normalized spacial score (nSPS) is 15.6. The zero-order valence-electron chi connectivity index (χ0n) is 37.8. The van der Waals surface area contributed by atoms with E-state index in [0.29, 0.717) is 35.6 Å². The van der Waals surface area contributed by atoms with Crippen LogP contribution in [-0.2, 0) is 19.1 Å². The van der Waals surface area contributed by atoms with Crippen LogP contribution in [0.15, 0.2) is 0 Å². The van der Waals surface area contributed by atoms with E-state index < -0.39 is 0 Å². The summed E-state index contributed by atoms with van der Waals surface area (Å²) >= 11 is 1.97. The van der Waals surface area contributed by atoms with Gasteiger partial charge in [-0.3, -0.25) is 14.5 Å². The van der Waals surface area contributed by atoms with Gasteiger partial charge in [0.15, 0.2) is 0 Å². The van der Waals surface area contributed by atoms with Crippen molar-refractivity contribution in [1.82, 2.24) is 4.90 Å². The lowest BCUT2D eigenvalue weighted by atomic mass is 9.70. The number of hydrogen-bond acceptors (Lipinski definition) is 6. The van der Waals surface area contributed by atoms with Crippen LogP contribution in [0.2, 0.25) is 0 Å². The number of carbonyl (C=O) groups excluding carboxylic acids is 2. The Labute approximate surface area is 341 Å². The van der Waals surface area contributed by atoms with Gasteiger partial charge in [-0.05, 0) is 67.1 Å². The molecule has 0 saturated carbocycles. The van der Waals surface area contributed by atoms with Gasteiger partial charge < -0.3 is 9.47 Å². The van der Waals surface area contributed by atoms with Gasteiger partial charge in [0, 0.05) is 44.0 Å². The Balaban J connectivity index is 2.31. The molecule has 6 heteroatoms. The highest BCUT2D eigenvalue weighted by molar-refractivity contribution is 7.99. The van der Waals surface area contributed by atoms with E-state index in [1.165, 1.54) is 122 Å². The van der Waals surface area contributed by atoms with Gasteiger partial charge in [-0.25, -0.2) is 0 Å². The van der Waals surface area contributed by atoms with Crippen LogP contribution in [0.25, 0.3) is 0 Å². The third-order valence-electron chi connectivity index (χ3n) is 11.9. The Morgan fingerprint density at radius 2 is 1.07 bits per heavy atom. The molecule has 0 aliphatic carbocycles. The van der Waals surface area contributed by atoms with Crippen molar-refractivity contribution >= 4 is 23.7 Å². The number of carbonyl (C=O) groups is 2.